The lowest BCUT2D eigenvalue weighted by Crippen LogP contribution is -2.32. The lowest BCUT2D eigenvalue weighted by atomic mass is 10.1. The van der Waals surface area contributed by atoms with Gasteiger partial charge in [0.15, 0.2) is 17.8 Å². The molecule has 0 aliphatic carbocycles. The molecular formula is C21H18N6O3S. The minimum Gasteiger partial charge on any atom is -0.469 e. The van der Waals surface area contributed by atoms with Crippen molar-refractivity contribution in [2.45, 2.75) is 24.7 Å². The molecule has 6 rings (SSSR count). The van der Waals surface area contributed by atoms with Crippen molar-refractivity contribution in [3.05, 3.63) is 47.5 Å². The number of pyridine rings is 2. The maximum Gasteiger partial charge on any atom is 0.213 e. The fourth-order valence-electron chi connectivity index (χ4n) is 3.82. The molecule has 0 amide bonds. The van der Waals surface area contributed by atoms with Crippen molar-refractivity contribution in [1.29, 1.82) is 0 Å². The number of nitrogens with one attached hydrogen (secondary N) is 1. The largest absolute Gasteiger partial charge is 0.469 e. The molecule has 0 bridgehead atoms. The summed E-state index contributed by atoms with van der Waals surface area (Å²) in [5.41, 5.74) is 5.07. The van der Waals surface area contributed by atoms with Gasteiger partial charge in [0.2, 0.25) is 5.88 Å². The number of hydrogen-bond acceptors (Lipinski definition) is 9. The molecule has 4 aromatic heterocycles. The highest BCUT2D eigenvalue weighted by Crippen LogP contribution is 2.29. The second kappa shape index (κ2) is 7.80. The van der Waals surface area contributed by atoms with E-state index in [1.54, 1.807) is 17.9 Å². The van der Waals surface area contributed by atoms with E-state index in [2.05, 4.69) is 30.1 Å². The van der Waals surface area contributed by atoms with Crippen LogP contribution in [0, 0.1) is 0 Å². The number of aromatic nitrogens is 6. The molecule has 2 aliphatic heterocycles. The Hall–Kier alpha value is -3.21. The van der Waals surface area contributed by atoms with Crippen LogP contribution in [0.2, 0.25) is 0 Å². The highest BCUT2D eigenvalue weighted by Gasteiger charge is 2.43. The summed E-state index contributed by atoms with van der Waals surface area (Å²) in [5, 5.41) is 9.10. The first-order valence-corrected chi connectivity index (χ1v) is 10.9. The molecule has 156 valence electrons. The van der Waals surface area contributed by atoms with Gasteiger partial charge in [-0.1, -0.05) is 0 Å². The lowest BCUT2D eigenvalue weighted by Gasteiger charge is -2.17. The molecule has 4 aromatic rings. The van der Waals surface area contributed by atoms with Gasteiger partial charge in [0.1, 0.15) is 11.8 Å². The van der Waals surface area contributed by atoms with Gasteiger partial charge in [-0.05, 0) is 24.6 Å². The van der Waals surface area contributed by atoms with E-state index in [0.29, 0.717) is 24.1 Å². The second-order valence-electron chi connectivity index (χ2n) is 7.35. The van der Waals surface area contributed by atoms with E-state index in [9.17, 15) is 0 Å². The van der Waals surface area contributed by atoms with Crippen molar-refractivity contribution < 1.29 is 14.2 Å². The van der Waals surface area contributed by atoms with E-state index in [-0.39, 0.29) is 18.3 Å². The van der Waals surface area contributed by atoms with Crippen LogP contribution in [-0.4, -0.2) is 61.7 Å². The van der Waals surface area contributed by atoms with Gasteiger partial charge >= 0.3 is 0 Å². The summed E-state index contributed by atoms with van der Waals surface area (Å²) in [4.78, 5) is 17.7. The minimum absolute atomic E-state index is 0.00220. The van der Waals surface area contributed by atoms with Gasteiger partial charge in [-0.3, -0.25) is 10.1 Å². The quantitative estimate of drug-likeness (QED) is 0.511. The number of rotatable bonds is 5. The van der Waals surface area contributed by atoms with Crippen molar-refractivity contribution in [3.8, 4) is 40.0 Å². The van der Waals surface area contributed by atoms with Crippen LogP contribution in [-0.2, 0) is 9.47 Å². The molecule has 6 heterocycles. The Morgan fingerprint density at radius 3 is 2.74 bits per heavy atom. The number of ether oxygens (including phenoxy) is 3. The van der Waals surface area contributed by atoms with E-state index in [1.165, 1.54) is 11.3 Å². The Kier molecular flexibility index (Phi) is 4.67. The fourth-order valence-corrected chi connectivity index (χ4v) is 4.36. The maximum atomic E-state index is 5.98. The van der Waals surface area contributed by atoms with Crippen molar-refractivity contribution >= 4 is 11.3 Å². The zero-order valence-corrected chi connectivity index (χ0v) is 17.2. The third-order valence-corrected chi connectivity index (χ3v) is 5.99. The molecule has 2 fully saturated rings. The Morgan fingerprint density at radius 2 is 1.94 bits per heavy atom. The smallest absolute Gasteiger partial charge is 0.213 e. The monoisotopic (exact) mass is 434 g/mol. The molecule has 1 N–H and O–H groups in total. The summed E-state index contributed by atoms with van der Waals surface area (Å²) < 4.78 is 17.4. The van der Waals surface area contributed by atoms with Crippen LogP contribution >= 0.6 is 11.3 Å². The van der Waals surface area contributed by atoms with Crippen LogP contribution < -0.4 is 4.74 Å². The van der Waals surface area contributed by atoms with Crippen LogP contribution in [0.1, 0.15) is 6.42 Å². The van der Waals surface area contributed by atoms with E-state index >= 15 is 0 Å². The topological polar surface area (TPSA) is 108 Å². The molecule has 3 atom stereocenters. The first kappa shape index (κ1) is 18.6. The molecule has 2 aliphatic rings. The highest BCUT2D eigenvalue weighted by molar-refractivity contribution is 7.07. The van der Waals surface area contributed by atoms with Gasteiger partial charge in [-0.25, -0.2) is 15.0 Å². The van der Waals surface area contributed by atoms with E-state index in [1.807, 2.05) is 29.6 Å². The first-order valence-electron chi connectivity index (χ1n) is 9.97. The Bertz CT molecular complexity index is 1160. The van der Waals surface area contributed by atoms with Gasteiger partial charge in [-0.2, -0.15) is 5.10 Å². The Labute approximate surface area is 181 Å². The standard InChI is InChI=1S/C21H18N6O3S/c1-3-14(22-8-13(1)20-25-21(27-26-20)15-10-31-11-24-15)12-2-4-18(23-7-12)30-17-9-29-16-5-6-28-19(16)17/h1-4,7-8,10-11,16-17,19H,5-6,9H2,(H,25,26,27)/t16-,17+,19+/m1/s1. The van der Waals surface area contributed by atoms with E-state index < -0.39 is 0 Å². The minimum atomic E-state index is -0.112. The molecule has 0 aromatic carbocycles. The molecule has 9 nitrogen and oxygen atoms in total. The summed E-state index contributed by atoms with van der Waals surface area (Å²) >= 11 is 1.51. The number of H-pyrrole nitrogens is 1. The highest BCUT2D eigenvalue weighted by atomic mass is 32.1. The normalized spacial score (nSPS) is 22.5. The molecule has 2 saturated heterocycles. The second-order valence-corrected chi connectivity index (χ2v) is 8.07. The summed E-state index contributed by atoms with van der Waals surface area (Å²) in [6, 6.07) is 7.66. The van der Waals surface area contributed by atoms with Crippen molar-refractivity contribution in [2.75, 3.05) is 13.2 Å². The van der Waals surface area contributed by atoms with E-state index in [0.717, 1.165) is 35.5 Å². The SMILES string of the molecule is c1nc(-c2nc(-c3ccc(-c4ccc(O[C@H]5CO[C@@H]6CCO[C@H]56)nc4)nc3)n[nH]2)cs1. The van der Waals surface area contributed by atoms with Crippen molar-refractivity contribution in [3.63, 3.8) is 0 Å². The average molecular weight is 434 g/mol. The summed E-state index contributed by atoms with van der Waals surface area (Å²) in [6.45, 7) is 1.26. The number of aromatic amines is 1. The van der Waals surface area contributed by atoms with Gasteiger partial charge in [0, 0.05) is 41.6 Å². The Morgan fingerprint density at radius 1 is 1.00 bits per heavy atom. The predicted octanol–water partition coefficient (Wildman–Crippen LogP) is 2.99. The molecule has 0 spiro atoms. The van der Waals surface area contributed by atoms with Crippen molar-refractivity contribution in [1.82, 2.24) is 30.1 Å². The van der Waals surface area contributed by atoms with Crippen LogP contribution in [0.25, 0.3) is 34.2 Å². The van der Waals surface area contributed by atoms with Gasteiger partial charge in [0.05, 0.1) is 23.9 Å². The average Bonchev–Trinajstić information content (AvgIpc) is 3.60. The number of hydrogen-bond donors (Lipinski definition) is 1. The third kappa shape index (κ3) is 3.58. The molecule has 10 heteroatoms. The fraction of sp³-hybridized carbons (Fsp3) is 0.286. The lowest BCUT2D eigenvalue weighted by molar-refractivity contribution is 0.0289. The van der Waals surface area contributed by atoms with Crippen LogP contribution in [0.5, 0.6) is 5.88 Å². The van der Waals surface area contributed by atoms with Crippen LogP contribution in [0.4, 0.5) is 0 Å². The van der Waals surface area contributed by atoms with Crippen molar-refractivity contribution in [2.24, 2.45) is 0 Å². The zero-order valence-electron chi connectivity index (χ0n) is 16.3. The number of fused-ring (bicyclic) bond motifs is 1. The van der Waals surface area contributed by atoms with Crippen LogP contribution in [0.3, 0.4) is 0 Å². The third-order valence-electron chi connectivity index (χ3n) is 5.41. The van der Waals surface area contributed by atoms with Gasteiger partial charge in [0.25, 0.3) is 0 Å². The molecule has 0 radical (unpaired) electrons. The summed E-state index contributed by atoms with van der Waals surface area (Å²) in [7, 11) is 0. The molecule has 31 heavy (non-hydrogen) atoms. The molecule has 0 saturated carbocycles. The van der Waals surface area contributed by atoms with Gasteiger partial charge < -0.3 is 14.2 Å². The summed E-state index contributed by atoms with van der Waals surface area (Å²) in [6.07, 6.45) is 4.47. The Balaban J connectivity index is 1.15. The first-order chi connectivity index (χ1) is 15.3. The zero-order chi connectivity index (χ0) is 20.6. The van der Waals surface area contributed by atoms with Crippen LogP contribution in [0.15, 0.2) is 47.5 Å². The van der Waals surface area contributed by atoms with Gasteiger partial charge in [-0.15, -0.1) is 11.3 Å². The summed E-state index contributed by atoms with van der Waals surface area (Å²) in [5.74, 6) is 1.78. The predicted molar refractivity (Wildman–Crippen MR) is 112 cm³/mol. The molecular weight excluding hydrogens is 416 g/mol. The maximum absolute atomic E-state index is 5.98. The number of nitrogens with zero attached hydrogens (tertiary/aromatic N) is 5. The molecule has 0 unspecified atom stereocenters. The number of thiazole rings is 1. The van der Waals surface area contributed by atoms with E-state index in [4.69, 9.17) is 14.2 Å².